The van der Waals surface area contributed by atoms with Crippen molar-refractivity contribution in [3.05, 3.63) is 53.1 Å². The molecule has 8 nitrogen and oxygen atoms in total. The molecule has 2 aromatic carbocycles. The molecule has 8 heteroatoms. The van der Waals surface area contributed by atoms with Crippen LogP contribution in [0.1, 0.15) is 16.7 Å². The fourth-order valence-electron chi connectivity index (χ4n) is 4.69. The number of nitrogens with one attached hydrogen (secondary N) is 1. The third-order valence-electron chi connectivity index (χ3n) is 6.34. The van der Waals surface area contributed by atoms with E-state index in [4.69, 9.17) is 9.47 Å². The summed E-state index contributed by atoms with van der Waals surface area (Å²) in [7, 11) is 5.04. The Hall–Kier alpha value is -3.39. The summed E-state index contributed by atoms with van der Waals surface area (Å²) in [6.07, 6.45) is 0.665. The Morgan fingerprint density at radius 3 is 2.59 bits per heavy atom. The zero-order valence-electron chi connectivity index (χ0n) is 18.7. The number of ether oxygens (including phenoxy) is 2. The van der Waals surface area contributed by atoms with Crippen LogP contribution >= 0.6 is 0 Å². The number of imide groups is 1. The molecule has 0 aliphatic carbocycles. The summed E-state index contributed by atoms with van der Waals surface area (Å²) in [5.74, 6) is 0.0704. The quantitative estimate of drug-likeness (QED) is 0.742. The van der Waals surface area contributed by atoms with Gasteiger partial charge in [0.25, 0.3) is 0 Å². The van der Waals surface area contributed by atoms with E-state index in [-0.39, 0.29) is 19.5 Å². The summed E-state index contributed by atoms with van der Waals surface area (Å²) in [4.78, 5) is 31.9. The number of rotatable bonds is 5. The highest BCUT2D eigenvalue weighted by molar-refractivity contribution is 6.16. The van der Waals surface area contributed by atoms with Crippen molar-refractivity contribution in [3.63, 3.8) is 0 Å². The number of urea groups is 1. The normalized spacial score (nSPS) is 22.6. The van der Waals surface area contributed by atoms with Gasteiger partial charge in [-0.3, -0.25) is 9.69 Å². The summed E-state index contributed by atoms with van der Waals surface area (Å²) in [5.41, 5.74) is 2.59. The van der Waals surface area contributed by atoms with E-state index >= 15 is 0 Å². The third kappa shape index (κ3) is 3.60. The van der Waals surface area contributed by atoms with E-state index in [2.05, 4.69) is 4.99 Å². The van der Waals surface area contributed by atoms with Crippen molar-refractivity contribution in [1.29, 1.82) is 0 Å². The van der Waals surface area contributed by atoms with Crippen LogP contribution in [0.3, 0.4) is 0 Å². The first-order valence-electron chi connectivity index (χ1n) is 10.5. The molecular formula is C24H27N3O5. The van der Waals surface area contributed by atoms with E-state index < -0.39 is 23.3 Å². The molecular weight excluding hydrogens is 410 g/mol. The molecule has 1 N–H and O–H groups in total. The summed E-state index contributed by atoms with van der Waals surface area (Å²) < 4.78 is 10.6. The van der Waals surface area contributed by atoms with Crippen LogP contribution in [-0.4, -0.2) is 57.1 Å². The Labute approximate surface area is 187 Å². The number of benzene rings is 2. The van der Waals surface area contributed by atoms with Crippen LogP contribution in [0.5, 0.6) is 11.5 Å². The second kappa shape index (κ2) is 8.27. The molecule has 0 bridgehead atoms. The van der Waals surface area contributed by atoms with Gasteiger partial charge in [-0.15, -0.1) is 0 Å². The molecule has 32 heavy (non-hydrogen) atoms. The molecule has 2 aromatic rings. The van der Waals surface area contributed by atoms with Crippen LogP contribution in [0, 0.1) is 12.3 Å². The summed E-state index contributed by atoms with van der Waals surface area (Å²) in [6.45, 7) is 2.38. The van der Waals surface area contributed by atoms with Crippen LogP contribution in [0.25, 0.3) is 0 Å². The number of amides is 3. The number of carbonyl (C=O) groups excluding carboxylic acids is 2. The smallest absolute Gasteiger partial charge is 0.349 e. The molecule has 0 aromatic heterocycles. The van der Waals surface area contributed by atoms with Gasteiger partial charge in [0.05, 0.1) is 21.3 Å². The molecule has 0 radical (unpaired) electrons. The Morgan fingerprint density at radius 1 is 1.12 bits per heavy atom. The van der Waals surface area contributed by atoms with E-state index in [1.807, 2.05) is 44.3 Å². The van der Waals surface area contributed by atoms with Crippen molar-refractivity contribution in [2.24, 2.45) is 10.4 Å². The van der Waals surface area contributed by atoms with Gasteiger partial charge < -0.3 is 19.5 Å². The van der Waals surface area contributed by atoms with E-state index in [0.29, 0.717) is 17.9 Å². The molecule has 4 rings (SSSR count). The fourth-order valence-corrected chi connectivity index (χ4v) is 4.69. The van der Waals surface area contributed by atoms with Crippen molar-refractivity contribution in [1.82, 2.24) is 4.90 Å². The Morgan fingerprint density at radius 2 is 1.88 bits per heavy atom. The van der Waals surface area contributed by atoms with E-state index in [1.54, 1.807) is 20.3 Å². The highest BCUT2D eigenvalue weighted by Gasteiger charge is 2.52. The predicted molar refractivity (Wildman–Crippen MR) is 117 cm³/mol. The molecule has 0 saturated heterocycles. The van der Waals surface area contributed by atoms with Crippen molar-refractivity contribution in [2.45, 2.75) is 19.8 Å². The first kappa shape index (κ1) is 21.8. The minimum Gasteiger partial charge on any atom is -0.861 e. The second-order valence-electron chi connectivity index (χ2n) is 8.47. The number of nitrogens with zero attached hydrogens (tertiary/aromatic N) is 2. The third-order valence-corrected chi connectivity index (χ3v) is 6.34. The Balaban J connectivity index is 1.61. The van der Waals surface area contributed by atoms with Gasteiger partial charge in [0.2, 0.25) is 5.91 Å². The molecule has 0 fully saturated rings. The molecule has 2 atom stereocenters. The fraction of sp³-hybridized carbons (Fsp3) is 0.375. The lowest BCUT2D eigenvalue weighted by molar-refractivity contribution is -0.818. The van der Waals surface area contributed by atoms with E-state index in [9.17, 15) is 14.7 Å². The van der Waals surface area contributed by atoms with Gasteiger partial charge in [0.15, 0.2) is 11.5 Å². The summed E-state index contributed by atoms with van der Waals surface area (Å²) in [6, 6.07) is 10.7. The maximum Gasteiger partial charge on any atom is 0.349 e. The molecule has 0 saturated carbocycles. The minimum atomic E-state index is -1.35. The maximum atomic E-state index is 13.6. The molecule has 2 aliphatic heterocycles. The van der Waals surface area contributed by atoms with Gasteiger partial charge in [-0.1, -0.05) is 23.8 Å². The van der Waals surface area contributed by atoms with Gasteiger partial charge in [-0.2, -0.15) is 0 Å². The number of aryl methyl sites for hydroxylation is 1. The second-order valence-corrected chi connectivity index (χ2v) is 8.47. The number of hydrogen-bond acceptors (Lipinski definition) is 5. The highest BCUT2D eigenvalue weighted by Crippen LogP contribution is 2.35. The van der Waals surface area contributed by atoms with Crippen molar-refractivity contribution >= 4 is 23.5 Å². The lowest BCUT2D eigenvalue weighted by atomic mass is 9.75. The van der Waals surface area contributed by atoms with Crippen LogP contribution in [-0.2, 0) is 17.6 Å². The number of fused-ring (bicyclic) bond motifs is 1. The predicted octanol–water partition coefficient (Wildman–Crippen LogP) is 0.665. The van der Waals surface area contributed by atoms with Crippen molar-refractivity contribution < 1.29 is 29.1 Å². The van der Waals surface area contributed by atoms with Gasteiger partial charge in [-0.05, 0) is 43.0 Å². The van der Waals surface area contributed by atoms with Gasteiger partial charge in [0.1, 0.15) is 17.6 Å². The number of quaternary nitrogens is 1. The number of aliphatic imine (C=N–C) groups is 1. The zero-order chi connectivity index (χ0) is 23.0. The molecule has 2 aliphatic rings. The molecule has 2 unspecified atom stereocenters. The number of methoxy groups -OCH3 is 2. The number of carbonyl (C=O) groups is 2. The van der Waals surface area contributed by atoms with Crippen LogP contribution < -0.4 is 19.5 Å². The molecule has 2 heterocycles. The van der Waals surface area contributed by atoms with E-state index in [0.717, 1.165) is 32.2 Å². The van der Waals surface area contributed by atoms with Crippen LogP contribution in [0.2, 0.25) is 0 Å². The van der Waals surface area contributed by atoms with Gasteiger partial charge >= 0.3 is 6.03 Å². The molecule has 168 valence electrons. The van der Waals surface area contributed by atoms with E-state index in [1.165, 1.54) is 0 Å². The Kier molecular flexibility index (Phi) is 5.64. The van der Waals surface area contributed by atoms with Crippen molar-refractivity contribution in [3.8, 4) is 11.5 Å². The average Bonchev–Trinajstić information content (AvgIpc) is 2.77. The largest absolute Gasteiger partial charge is 0.861 e. The standard InChI is InChI=1S/C24H27N3O5/c1-15-5-7-18-17(11-15)13-24(14-26(18)2)21(28)25-23(30)27(22(24)29)10-9-16-6-8-19(31-3)20(12-16)32-4/h5-8,11-12H,9-10,13-14H2,1-4H3,(H,25,28,30). The lowest BCUT2D eigenvalue weighted by Gasteiger charge is -2.45. The van der Waals surface area contributed by atoms with Crippen LogP contribution in [0.4, 0.5) is 10.5 Å². The monoisotopic (exact) mass is 437 g/mol. The van der Waals surface area contributed by atoms with Gasteiger partial charge in [0, 0.05) is 18.5 Å². The zero-order valence-corrected chi connectivity index (χ0v) is 18.7. The van der Waals surface area contributed by atoms with Gasteiger partial charge in [-0.25, -0.2) is 9.79 Å². The molecule has 3 amide bonds. The highest BCUT2D eigenvalue weighted by atomic mass is 16.5. The summed E-state index contributed by atoms with van der Waals surface area (Å²) >= 11 is 0. The SMILES string of the molecule is COc1ccc(CCN2C(=O)N=C([O-])C3(Cc4cc(C)ccc4[NH+](C)C3)C2=O)cc1OC. The van der Waals surface area contributed by atoms with Crippen molar-refractivity contribution in [2.75, 3.05) is 34.4 Å². The maximum absolute atomic E-state index is 13.6. The lowest BCUT2D eigenvalue weighted by Crippen LogP contribution is -3.08. The molecule has 1 spiro atoms. The average molecular weight is 437 g/mol. The first-order valence-corrected chi connectivity index (χ1v) is 10.5. The van der Waals surface area contributed by atoms with Crippen LogP contribution in [0.15, 0.2) is 41.4 Å². The minimum absolute atomic E-state index is 0.130. The summed E-state index contributed by atoms with van der Waals surface area (Å²) in [5, 5.41) is 12.9. The topological polar surface area (TPSA) is 95.7 Å². The Bertz CT molecular complexity index is 1110. The first-order chi connectivity index (χ1) is 15.3. The number of hydrogen-bond donors (Lipinski definition) is 1.